The lowest BCUT2D eigenvalue weighted by Gasteiger charge is -2.12. The minimum Gasteiger partial charge on any atom is -0.504 e. The van der Waals surface area contributed by atoms with Gasteiger partial charge in [-0.25, -0.2) is 14.2 Å². The van der Waals surface area contributed by atoms with Crippen molar-refractivity contribution in [2.75, 3.05) is 12.4 Å². The minimum atomic E-state index is -0.933. The number of primary amides is 1. The number of rotatable bonds is 6. The molecule has 0 aliphatic heterocycles. The number of nitrogens with two attached hydrogens (primary N) is 1. The van der Waals surface area contributed by atoms with Crippen LogP contribution in [0.1, 0.15) is 28.0 Å². The quantitative estimate of drug-likeness (QED) is 0.412. The fourth-order valence-electron chi connectivity index (χ4n) is 2.82. The number of anilines is 1. The molecule has 154 valence electrons. The third-order valence-electron chi connectivity index (χ3n) is 4.16. The second kappa shape index (κ2) is 8.52. The predicted molar refractivity (Wildman–Crippen MR) is 104 cm³/mol. The van der Waals surface area contributed by atoms with Crippen molar-refractivity contribution in [2.45, 2.75) is 12.8 Å². The summed E-state index contributed by atoms with van der Waals surface area (Å²) in [6.45, 7) is 0. The summed E-state index contributed by atoms with van der Waals surface area (Å²) < 4.78 is 17.7. The van der Waals surface area contributed by atoms with E-state index in [-0.39, 0.29) is 22.5 Å². The minimum absolute atomic E-state index is 0.00244. The van der Waals surface area contributed by atoms with Crippen LogP contribution in [-0.4, -0.2) is 40.0 Å². The largest absolute Gasteiger partial charge is 0.504 e. The molecule has 30 heavy (non-hydrogen) atoms. The third-order valence-corrected chi connectivity index (χ3v) is 4.16. The van der Waals surface area contributed by atoms with E-state index in [9.17, 15) is 23.9 Å². The molecular weight excluding hydrogens is 395 g/mol. The Morgan fingerprint density at radius 2 is 1.90 bits per heavy atom. The van der Waals surface area contributed by atoms with Crippen LogP contribution in [-0.2, 0) is 20.7 Å². The van der Waals surface area contributed by atoms with Gasteiger partial charge >= 0.3 is 5.97 Å². The van der Waals surface area contributed by atoms with Crippen molar-refractivity contribution in [3.63, 3.8) is 0 Å². The van der Waals surface area contributed by atoms with Crippen LogP contribution in [0, 0.1) is 5.82 Å². The highest BCUT2D eigenvalue weighted by Gasteiger charge is 2.22. The van der Waals surface area contributed by atoms with Crippen molar-refractivity contribution < 1.29 is 28.6 Å². The van der Waals surface area contributed by atoms with Gasteiger partial charge in [-0.15, -0.1) is 0 Å². The summed E-state index contributed by atoms with van der Waals surface area (Å²) in [7, 11) is 1.11. The predicted octanol–water partition coefficient (Wildman–Crippen LogP) is 1.67. The van der Waals surface area contributed by atoms with Crippen LogP contribution in [0.15, 0.2) is 36.5 Å². The van der Waals surface area contributed by atoms with Gasteiger partial charge in [-0.3, -0.25) is 14.6 Å². The van der Waals surface area contributed by atoms with Gasteiger partial charge in [0.2, 0.25) is 11.8 Å². The number of pyridine rings is 2. The Kier molecular flexibility index (Phi) is 5.86. The molecule has 1 aromatic carbocycles. The van der Waals surface area contributed by atoms with E-state index in [1.54, 1.807) is 18.2 Å². The van der Waals surface area contributed by atoms with Crippen molar-refractivity contribution in [3.05, 3.63) is 59.2 Å². The monoisotopic (exact) mass is 412 g/mol. The highest BCUT2D eigenvalue weighted by atomic mass is 19.1. The second-order valence-corrected chi connectivity index (χ2v) is 6.38. The number of benzene rings is 1. The van der Waals surface area contributed by atoms with Crippen molar-refractivity contribution in [1.82, 2.24) is 9.97 Å². The lowest BCUT2D eigenvalue weighted by atomic mass is 10.0. The van der Waals surface area contributed by atoms with Gasteiger partial charge in [0.25, 0.3) is 0 Å². The maximum Gasteiger partial charge on any atom is 0.360 e. The maximum atomic E-state index is 13.1. The van der Waals surface area contributed by atoms with E-state index < -0.39 is 35.6 Å². The van der Waals surface area contributed by atoms with Gasteiger partial charge in [0.1, 0.15) is 23.6 Å². The number of ether oxygens (including phenoxy) is 1. The van der Waals surface area contributed by atoms with Gasteiger partial charge in [-0.1, -0.05) is 12.1 Å². The zero-order valence-corrected chi connectivity index (χ0v) is 15.8. The Hall–Kier alpha value is -4.08. The molecule has 0 radical (unpaired) electrons. The fourth-order valence-corrected chi connectivity index (χ4v) is 2.82. The number of hydrogen-bond donors (Lipinski definition) is 3. The van der Waals surface area contributed by atoms with E-state index in [4.69, 9.17) is 5.73 Å². The van der Waals surface area contributed by atoms with E-state index >= 15 is 0 Å². The van der Waals surface area contributed by atoms with Crippen molar-refractivity contribution in [1.29, 1.82) is 0 Å². The number of fused-ring (bicyclic) bond motifs is 1. The number of methoxy groups -OCH3 is 1. The zero-order valence-electron chi connectivity index (χ0n) is 15.8. The topological polar surface area (TPSA) is 144 Å². The Bertz CT molecular complexity index is 1150. The number of nitrogens with one attached hydrogen (secondary N) is 1. The first-order valence-corrected chi connectivity index (χ1v) is 8.71. The second-order valence-electron chi connectivity index (χ2n) is 6.38. The highest BCUT2D eigenvalue weighted by Crippen LogP contribution is 2.32. The van der Waals surface area contributed by atoms with Crippen LogP contribution in [0.4, 0.5) is 10.2 Å². The van der Waals surface area contributed by atoms with E-state index in [0.29, 0.717) is 12.0 Å². The molecule has 4 N–H and O–H groups in total. The van der Waals surface area contributed by atoms with Gasteiger partial charge in [-0.2, -0.15) is 0 Å². The number of nitrogens with zero attached hydrogens (tertiary/aromatic N) is 2. The standard InChI is InChI=1S/C20H17FN4O5/c1-30-20(29)17-18(28)16-13(19(25-17)24-15(27)8-14(22)26)7-11(9-23-16)6-10-2-4-12(21)5-3-10/h2-5,7,9,28H,6,8H2,1H3,(H2,22,26)(H,24,25,27). The Labute approximate surface area is 169 Å². The first kappa shape index (κ1) is 20.6. The number of hydrogen-bond acceptors (Lipinski definition) is 7. The number of amides is 2. The normalized spacial score (nSPS) is 10.6. The molecule has 0 saturated carbocycles. The van der Waals surface area contributed by atoms with Crippen LogP contribution in [0.3, 0.4) is 0 Å². The fraction of sp³-hybridized carbons (Fsp3) is 0.150. The van der Waals surface area contributed by atoms with Crippen LogP contribution in [0.25, 0.3) is 10.9 Å². The molecule has 3 rings (SSSR count). The molecule has 0 aliphatic rings. The molecule has 2 aromatic heterocycles. The van der Waals surface area contributed by atoms with Crippen LogP contribution in [0.2, 0.25) is 0 Å². The first-order valence-electron chi connectivity index (χ1n) is 8.71. The summed E-state index contributed by atoms with van der Waals surface area (Å²) in [6.07, 6.45) is 1.26. The summed E-state index contributed by atoms with van der Waals surface area (Å²) in [5.41, 5.74) is 6.07. The van der Waals surface area contributed by atoms with Crippen LogP contribution >= 0.6 is 0 Å². The zero-order chi connectivity index (χ0) is 21.8. The summed E-state index contributed by atoms with van der Waals surface area (Å²) in [5, 5.41) is 13.0. The lowest BCUT2D eigenvalue weighted by molar-refractivity contribution is -0.124. The molecule has 0 fully saturated rings. The molecule has 2 heterocycles. The Morgan fingerprint density at radius 3 is 2.53 bits per heavy atom. The molecule has 0 spiro atoms. The molecule has 0 bridgehead atoms. The highest BCUT2D eigenvalue weighted by molar-refractivity contribution is 6.08. The molecule has 10 heteroatoms. The Morgan fingerprint density at radius 1 is 1.20 bits per heavy atom. The average Bonchev–Trinajstić information content (AvgIpc) is 2.70. The molecule has 2 amide bonds. The number of aromatic nitrogens is 2. The van der Waals surface area contributed by atoms with E-state index in [2.05, 4.69) is 20.0 Å². The van der Waals surface area contributed by atoms with E-state index in [1.807, 2.05) is 0 Å². The average molecular weight is 412 g/mol. The lowest BCUT2D eigenvalue weighted by Crippen LogP contribution is -2.22. The first-order chi connectivity index (χ1) is 14.3. The van der Waals surface area contributed by atoms with Crippen molar-refractivity contribution in [3.8, 4) is 5.75 Å². The molecule has 0 aliphatic carbocycles. The van der Waals surface area contributed by atoms with Crippen molar-refractivity contribution >= 4 is 34.5 Å². The van der Waals surface area contributed by atoms with Crippen molar-refractivity contribution in [2.24, 2.45) is 5.73 Å². The molecule has 0 unspecified atom stereocenters. The van der Waals surface area contributed by atoms with Gasteiger partial charge in [0.05, 0.1) is 7.11 Å². The molecule has 9 nitrogen and oxygen atoms in total. The Balaban J connectivity index is 2.09. The summed E-state index contributed by atoms with van der Waals surface area (Å²) in [6, 6.07) is 7.50. The van der Waals surface area contributed by atoms with Gasteiger partial charge < -0.3 is 20.9 Å². The molecule has 0 atom stereocenters. The number of aromatic hydroxyl groups is 1. The van der Waals surface area contributed by atoms with Crippen LogP contribution in [0.5, 0.6) is 5.75 Å². The van der Waals surface area contributed by atoms with Gasteiger partial charge in [0, 0.05) is 11.6 Å². The molecule has 3 aromatic rings. The summed E-state index contributed by atoms with van der Waals surface area (Å²) >= 11 is 0. The SMILES string of the molecule is COC(=O)c1nc(NC(=O)CC(N)=O)c2cc(Cc3ccc(F)cc3)cnc2c1O. The maximum absolute atomic E-state index is 13.1. The number of halogens is 1. The molecular formula is C20H17FN4O5. The van der Waals surface area contributed by atoms with E-state index in [0.717, 1.165) is 12.7 Å². The van der Waals surface area contributed by atoms with Gasteiger partial charge in [-0.05, 0) is 35.7 Å². The van der Waals surface area contributed by atoms with E-state index in [1.165, 1.54) is 18.3 Å². The number of carbonyl (C=O) groups is 3. The summed E-state index contributed by atoms with van der Waals surface area (Å²) in [5.74, 6) is -3.50. The van der Waals surface area contributed by atoms with Gasteiger partial charge in [0.15, 0.2) is 11.4 Å². The summed E-state index contributed by atoms with van der Waals surface area (Å²) in [4.78, 5) is 43.1. The van der Waals surface area contributed by atoms with Crippen LogP contribution < -0.4 is 11.1 Å². The number of esters is 1. The third kappa shape index (κ3) is 4.49. The smallest absolute Gasteiger partial charge is 0.360 e. The number of carbonyl (C=O) groups excluding carboxylic acids is 3. The molecule has 0 saturated heterocycles.